The van der Waals surface area contributed by atoms with Gasteiger partial charge in [-0.2, -0.15) is 0 Å². The fourth-order valence-electron chi connectivity index (χ4n) is 2.34. The number of hydrazine groups is 1. The van der Waals surface area contributed by atoms with Gasteiger partial charge in [-0.1, -0.05) is 35.9 Å². The molecule has 4 nitrogen and oxygen atoms in total. The van der Waals surface area contributed by atoms with Gasteiger partial charge < -0.3 is 9.15 Å². The van der Waals surface area contributed by atoms with Gasteiger partial charge >= 0.3 is 0 Å². The van der Waals surface area contributed by atoms with Crippen LogP contribution in [0.2, 0.25) is 5.02 Å². The Hall–Kier alpha value is -2.01. The van der Waals surface area contributed by atoms with Gasteiger partial charge in [-0.3, -0.25) is 5.84 Å². The summed E-state index contributed by atoms with van der Waals surface area (Å²) >= 11 is 6.05. The number of ether oxygens (including phenoxy) is 1. The lowest BCUT2D eigenvalue weighted by Crippen LogP contribution is -2.28. The number of halogens is 1. The first-order valence-electron chi connectivity index (χ1n) is 6.51. The molecule has 0 amide bonds. The molecule has 0 bridgehead atoms. The first-order chi connectivity index (χ1) is 10.2. The monoisotopic (exact) mass is 302 g/mol. The quantitative estimate of drug-likeness (QED) is 0.570. The molecule has 108 valence electrons. The standard InChI is InChI=1S/C16H15ClN2O2/c1-20-14-9-11(6-7-12(14)17)16(19-18)15-8-10-4-2-3-5-13(10)21-15/h2-9,16,19H,18H2,1H3. The average Bonchev–Trinajstić information content (AvgIpc) is 2.93. The van der Waals surface area contributed by atoms with E-state index in [2.05, 4.69) is 5.43 Å². The van der Waals surface area contributed by atoms with E-state index in [1.54, 1.807) is 13.2 Å². The van der Waals surface area contributed by atoms with Crippen LogP contribution in [0.25, 0.3) is 11.0 Å². The van der Waals surface area contributed by atoms with E-state index in [1.807, 2.05) is 42.5 Å². The Morgan fingerprint density at radius 2 is 2.00 bits per heavy atom. The lowest BCUT2D eigenvalue weighted by molar-refractivity contribution is 0.412. The van der Waals surface area contributed by atoms with Gasteiger partial charge in [0, 0.05) is 5.39 Å². The normalized spacial score (nSPS) is 12.5. The minimum absolute atomic E-state index is 0.274. The summed E-state index contributed by atoms with van der Waals surface area (Å²) in [7, 11) is 1.58. The van der Waals surface area contributed by atoms with Crippen LogP contribution in [-0.4, -0.2) is 7.11 Å². The Balaban J connectivity index is 2.05. The summed E-state index contributed by atoms with van der Waals surface area (Å²) in [6.07, 6.45) is 0. The number of nitrogens with two attached hydrogens (primary N) is 1. The zero-order chi connectivity index (χ0) is 14.8. The van der Waals surface area contributed by atoms with E-state index >= 15 is 0 Å². The van der Waals surface area contributed by atoms with Crippen molar-refractivity contribution in [3.8, 4) is 5.75 Å². The lowest BCUT2D eigenvalue weighted by atomic mass is 10.0. The van der Waals surface area contributed by atoms with E-state index in [-0.39, 0.29) is 6.04 Å². The van der Waals surface area contributed by atoms with Crippen LogP contribution in [0, 0.1) is 0 Å². The van der Waals surface area contributed by atoms with Gasteiger partial charge in [0.05, 0.1) is 12.1 Å². The molecule has 5 heteroatoms. The van der Waals surface area contributed by atoms with Gasteiger partial charge in [-0.05, 0) is 29.8 Å². The van der Waals surface area contributed by atoms with Crippen LogP contribution in [-0.2, 0) is 0 Å². The second-order valence-electron chi connectivity index (χ2n) is 4.68. The maximum atomic E-state index is 6.05. The summed E-state index contributed by atoms with van der Waals surface area (Å²) in [4.78, 5) is 0. The van der Waals surface area contributed by atoms with Crippen molar-refractivity contribution in [1.82, 2.24) is 5.43 Å². The maximum Gasteiger partial charge on any atom is 0.137 e. The molecule has 1 aromatic heterocycles. The second kappa shape index (κ2) is 5.77. The summed E-state index contributed by atoms with van der Waals surface area (Å²) in [5.41, 5.74) is 4.52. The Bertz CT molecular complexity index is 737. The van der Waals surface area contributed by atoms with E-state index in [4.69, 9.17) is 26.6 Å². The number of benzene rings is 2. The van der Waals surface area contributed by atoms with Crippen molar-refractivity contribution in [2.75, 3.05) is 7.11 Å². The van der Waals surface area contributed by atoms with Gasteiger partial charge in [0.1, 0.15) is 23.1 Å². The van der Waals surface area contributed by atoms with E-state index in [0.717, 1.165) is 22.3 Å². The molecule has 0 aliphatic rings. The molecule has 3 aromatic rings. The molecule has 3 rings (SSSR count). The van der Waals surface area contributed by atoms with Crippen LogP contribution in [0.3, 0.4) is 0 Å². The number of hydrogen-bond acceptors (Lipinski definition) is 4. The highest BCUT2D eigenvalue weighted by molar-refractivity contribution is 6.32. The van der Waals surface area contributed by atoms with E-state index in [9.17, 15) is 0 Å². The number of rotatable bonds is 4. The molecule has 21 heavy (non-hydrogen) atoms. The van der Waals surface area contributed by atoms with Gasteiger partial charge in [0.2, 0.25) is 0 Å². The van der Waals surface area contributed by atoms with Crippen molar-refractivity contribution in [1.29, 1.82) is 0 Å². The molecule has 1 unspecified atom stereocenters. The molecule has 1 heterocycles. The average molecular weight is 303 g/mol. The third-order valence-electron chi connectivity index (χ3n) is 3.40. The van der Waals surface area contributed by atoms with Crippen LogP contribution in [0.1, 0.15) is 17.4 Å². The van der Waals surface area contributed by atoms with Gasteiger partial charge in [0.15, 0.2) is 0 Å². The van der Waals surface area contributed by atoms with Crippen LogP contribution >= 0.6 is 11.6 Å². The third kappa shape index (κ3) is 2.61. The Morgan fingerprint density at radius 3 is 2.71 bits per heavy atom. The van der Waals surface area contributed by atoms with E-state index in [0.29, 0.717) is 10.8 Å². The van der Waals surface area contributed by atoms with E-state index < -0.39 is 0 Å². The minimum Gasteiger partial charge on any atom is -0.495 e. The largest absolute Gasteiger partial charge is 0.495 e. The molecule has 0 spiro atoms. The number of methoxy groups -OCH3 is 1. The predicted molar refractivity (Wildman–Crippen MR) is 83.4 cm³/mol. The van der Waals surface area contributed by atoms with Gasteiger partial charge in [0.25, 0.3) is 0 Å². The first kappa shape index (κ1) is 13.9. The highest BCUT2D eigenvalue weighted by Gasteiger charge is 2.18. The topological polar surface area (TPSA) is 60.4 Å². The number of hydrogen-bond donors (Lipinski definition) is 2. The molecule has 1 atom stereocenters. The maximum absolute atomic E-state index is 6.05. The molecular formula is C16H15ClN2O2. The van der Waals surface area contributed by atoms with Crippen LogP contribution in [0.4, 0.5) is 0 Å². The first-order valence-corrected chi connectivity index (χ1v) is 6.89. The molecule has 0 aliphatic heterocycles. The summed E-state index contributed by atoms with van der Waals surface area (Å²) in [5, 5.41) is 1.59. The van der Waals surface area contributed by atoms with Crippen molar-refractivity contribution in [2.45, 2.75) is 6.04 Å². The summed E-state index contributed by atoms with van der Waals surface area (Å²) in [5.74, 6) is 7.05. The fraction of sp³-hybridized carbons (Fsp3) is 0.125. The smallest absolute Gasteiger partial charge is 0.137 e. The number of para-hydroxylation sites is 1. The Morgan fingerprint density at radius 1 is 1.19 bits per heavy atom. The van der Waals surface area contributed by atoms with Crippen molar-refractivity contribution in [2.24, 2.45) is 5.84 Å². The molecule has 2 aromatic carbocycles. The van der Waals surface area contributed by atoms with Crippen LogP contribution in [0.5, 0.6) is 5.75 Å². The minimum atomic E-state index is -0.274. The molecule has 0 radical (unpaired) electrons. The molecule has 0 saturated carbocycles. The van der Waals surface area contributed by atoms with Crippen molar-refractivity contribution in [3.05, 3.63) is 64.9 Å². The fourth-order valence-corrected chi connectivity index (χ4v) is 2.54. The molecule has 3 N–H and O–H groups in total. The highest BCUT2D eigenvalue weighted by atomic mass is 35.5. The van der Waals surface area contributed by atoms with Crippen molar-refractivity contribution < 1.29 is 9.15 Å². The van der Waals surface area contributed by atoms with E-state index in [1.165, 1.54) is 0 Å². The number of furan rings is 1. The highest BCUT2D eigenvalue weighted by Crippen LogP contribution is 2.32. The van der Waals surface area contributed by atoms with Gasteiger partial charge in [-0.15, -0.1) is 0 Å². The predicted octanol–water partition coefficient (Wildman–Crippen LogP) is 3.65. The summed E-state index contributed by atoms with van der Waals surface area (Å²) < 4.78 is 11.1. The second-order valence-corrected chi connectivity index (χ2v) is 5.09. The third-order valence-corrected chi connectivity index (χ3v) is 3.72. The Labute approximate surface area is 127 Å². The molecule has 0 saturated heterocycles. The zero-order valence-electron chi connectivity index (χ0n) is 11.5. The number of fused-ring (bicyclic) bond motifs is 1. The zero-order valence-corrected chi connectivity index (χ0v) is 12.2. The van der Waals surface area contributed by atoms with Crippen molar-refractivity contribution >= 4 is 22.6 Å². The van der Waals surface area contributed by atoms with Crippen LogP contribution < -0.4 is 16.0 Å². The number of nitrogens with one attached hydrogen (secondary N) is 1. The SMILES string of the molecule is COc1cc(C(NN)c2cc3ccccc3o2)ccc1Cl. The molecule has 0 aliphatic carbocycles. The summed E-state index contributed by atoms with van der Waals surface area (Å²) in [6, 6.07) is 15.0. The Kier molecular flexibility index (Phi) is 3.84. The van der Waals surface area contributed by atoms with Gasteiger partial charge in [-0.25, -0.2) is 5.43 Å². The summed E-state index contributed by atoms with van der Waals surface area (Å²) in [6.45, 7) is 0. The van der Waals surface area contributed by atoms with Crippen molar-refractivity contribution in [3.63, 3.8) is 0 Å². The molecule has 0 fully saturated rings. The van der Waals surface area contributed by atoms with Crippen LogP contribution in [0.15, 0.2) is 52.9 Å². The molecular weight excluding hydrogens is 288 g/mol. The lowest BCUT2D eigenvalue weighted by Gasteiger charge is -2.15.